The van der Waals surface area contributed by atoms with Crippen LogP contribution in [0.2, 0.25) is 0 Å². The Morgan fingerprint density at radius 3 is 2.79 bits per heavy atom. The number of benzene rings is 2. The highest BCUT2D eigenvalue weighted by Crippen LogP contribution is 2.39. The Bertz CT molecular complexity index is 1140. The Labute approximate surface area is 169 Å². The van der Waals surface area contributed by atoms with Gasteiger partial charge in [-0.15, -0.1) is 0 Å². The van der Waals surface area contributed by atoms with E-state index in [-0.39, 0.29) is 11.8 Å². The first-order valence-electron chi connectivity index (χ1n) is 9.91. The lowest BCUT2D eigenvalue weighted by atomic mass is 10.0. The number of rotatable bonds is 5. The van der Waals surface area contributed by atoms with Crippen LogP contribution in [0.4, 0.5) is 0 Å². The molecule has 5 rings (SSSR count). The zero-order valence-corrected chi connectivity index (χ0v) is 16.8. The van der Waals surface area contributed by atoms with Crippen molar-refractivity contribution in [2.75, 3.05) is 25.5 Å². The maximum absolute atomic E-state index is 13.2. The van der Waals surface area contributed by atoms with Crippen LogP contribution < -0.4 is 9.47 Å². The van der Waals surface area contributed by atoms with Crippen molar-refractivity contribution in [2.45, 2.75) is 25.4 Å². The second kappa shape index (κ2) is 7.35. The van der Waals surface area contributed by atoms with Crippen LogP contribution in [0.15, 0.2) is 48.8 Å². The summed E-state index contributed by atoms with van der Waals surface area (Å²) in [5.74, 6) is 1.47. The van der Waals surface area contributed by atoms with E-state index in [1.54, 1.807) is 10.6 Å². The number of aromatic nitrogens is 2. The molecule has 1 aromatic heterocycles. The van der Waals surface area contributed by atoms with Gasteiger partial charge in [0.1, 0.15) is 13.2 Å². The predicted molar refractivity (Wildman–Crippen MR) is 110 cm³/mol. The monoisotopic (exact) mass is 413 g/mol. The van der Waals surface area contributed by atoms with Gasteiger partial charge in [-0.05, 0) is 42.7 Å². The van der Waals surface area contributed by atoms with E-state index in [0.717, 1.165) is 35.2 Å². The molecule has 1 unspecified atom stereocenters. The summed E-state index contributed by atoms with van der Waals surface area (Å²) in [6.45, 7) is 1.99. The molecule has 29 heavy (non-hydrogen) atoms. The van der Waals surface area contributed by atoms with Crippen molar-refractivity contribution in [3.63, 3.8) is 0 Å². The Morgan fingerprint density at radius 2 is 1.90 bits per heavy atom. The maximum atomic E-state index is 13.2. The third-order valence-corrected chi connectivity index (χ3v) is 7.48. The van der Waals surface area contributed by atoms with E-state index in [1.165, 1.54) is 0 Å². The summed E-state index contributed by atoms with van der Waals surface area (Å²) >= 11 is 0. The lowest BCUT2D eigenvalue weighted by Crippen LogP contribution is -2.34. The molecule has 2 aliphatic rings. The molecule has 0 N–H and O–H groups in total. The molecular weight excluding hydrogens is 390 g/mol. The van der Waals surface area contributed by atoms with Crippen LogP contribution in [-0.2, 0) is 16.6 Å². The van der Waals surface area contributed by atoms with E-state index in [4.69, 9.17) is 9.47 Å². The van der Waals surface area contributed by atoms with Gasteiger partial charge in [-0.3, -0.25) is 0 Å². The van der Waals surface area contributed by atoms with Crippen molar-refractivity contribution in [3.05, 3.63) is 54.4 Å². The quantitative estimate of drug-likeness (QED) is 0.643. The minimum atomic E-state index is -3.41. The largest absolute Gasteiger partial charge is 0.486 e. The third-order valence-electron chi connectivity index (χ3n) is 5.63. The first-order valence-corrected chi connectivity index (χ1v) is 11.5. The highest BCUT2D eigenvalue weighted by atomic mass is 32.2. The van der Waals surface area contributed by atoms with Crippen LogP contribution in [-0.4, -0.2) is 47.8 Å². The number of nitrogens with zero attached hydrogens (tertiary/aromatic N) is 3. The van der Waals surface area contributed by atoms with Crippen LogP contribution in [0.3, 0.4) is 0 Å². The summed E-state index contributed by atoms with van der Waals surface area (Å²) in [6, 6.07) is 13.4. The minimum absolute atomic E-state index is 0.0500. The van der Waals surface area contributed by atoms with Crippen LogP contribution >= 0.6 is 0 Å². The molecule has 1 fully saturated rings. The number of sulfonamides is 1. The highest BCUT2D eigenvalue weighted by molar-refractivity contribution is 7.89. The first kappa shape index (κ1) is 18.4. The standard InChI is InChI=1S/C21H23N3O4S/c25-29(26,13-10-23-15-22-17-4-1-2-5-19(17)23)24-9-3-6-18(24)16-7-8-20-21(14-16)28-12-11-27-20/h1-2,4-5,7-8,14-15,18H,3,6,9-13H2. The molecule has 2 aliphatic heterocycles. The number of para-hydroxylation sites is 2. The van der Waals surface area contributed by atoms with Gasteiger partial charge in [-0.25, -0.2) is 13.4 Å². The third kappa shape index (κ3) is 3.47. The Morgan fingerprint density at radius 1 is 1.07 bits per heavy atom. The molecule has 0 radical (unpaired) electrons. The van der Waals surface area contributed by atoms with Gasteiger partial charge in [0.15, 0.2) is 11.5 Å². The molecule has 0 saturated carbocycles. The van der Waals surface area contributed by atoms with Gasteiger partial charge in [0.2, 0.25) is 10.0 Å². The summed E-state index contributed by atoms with van der Waals surface area (Å²) < 4.78 is 41.2. The van der Waals surface area contributed by atoms with E-state index >= 15 is 0 Å². The molecular formula is C21H23N3O4S. The molecule has 2 aromatic carbocycles. The van der Waals surface area contributed by atoms with Crippen molar-refractivity contribution < 1.29 is 17.9 Å². The summed E-state index contributed by atoms with van der Waals surface area (Å²) in [6.07, 6.45) is 3.38. The molecule has 0 aliphatic carbocycles. The van der Waals surface area contributed by atoms with Crippen molar-refractivity contribution in [1.29, 1.82) is 0 Å². The van der Waals surface area contributed by atoms with Crippen LogP contribution in [0.5, 0.6) is 11.5 Å². The first-order chi connectivity index (χ1) is 14.1. The summed E-state index contributed by atoms with van der Waals surface area (Å²) in [4.78, 5) is 4.35. The Kier molecular flexibility index (Phi) is 4.67. The molecule has 8 heteroatoms. The van der Waals surface area contributed by atoms with Crippen molar-refractivity contribution in [3.8, 4) is 11.5 Å². The van der Waals surface area contributed by atoms with Gasteiger partial charge in [-0.2, -0.15) is 4.31 Å². The average Bonchev–Trinajstić information content (AvgIpc) is 3.40. The van der Waals surface area contributed by atoms with Crippen molar-refractivity contribution in [1.82, 2.24) is 13.9 Å². The van der Waals surface area contributed by atoms with E-state index in [2.05, 4.69) is 4.98 Å². The van der Waals surface area contributed by atoms with Gasteiger partial charge in [0.05, 0.1) is 23.1 Å². The fourth-order valence-electron chi connectivity index (χ4n) is 4.19. The molecule has 0 amide bonds. The van der Waals surface area contributed by atoms with E-state index < -0.39 is 10.0 Å². The number of hydrogen-bond donors (Lipinski definition) is 0. The lowest BCUT2D eigenvalue weighted by molar-refractivity contribution is 0.171. The number of imidazole rings is 1. The van der Waals surface area contributed by atoms with Crippen LogP contribution in [0.1, 0.15) is 24.4 Å². The predicted octanol–water partition coefficient (Wildman–Crippen LogP) is 2.97. The fourth-order valence-corrected chi connectivity index (χ4v) is 5.88. The zero-order chi connectivity index (χ0) is 19.8. The normalized spacial score (nSPS) is 19.7. The molecule has 0 bridgehead atoms. The minimum Gasteiger partial charge on any atom is -0.486 e. The number of fused-ring (bicyclic) bond motifs is 2. The second-order valence-corrected chi connectivity index (χ2v) is 9.46. The van der Waals surface area contributed by atoms with Crippen LogP contribution in [0.25, 0.3) is 11.0 Å². The topological polar surface area (TPSA) is 73.7 Å². The summed E-state index contributed by atoms with van der Waals surface area (Å²) in [7, 11) is -3.41. The average molecular weight is 413 g/mol. The molecule has 152 valence electrons. The molecule has 0 spiro atoms. The Balaban J connectivity index is 1.36. The van der Waals surface area contributed by atoms with Gasteiger partial charge in [-0.1, -0.05) is 18.2 Å². The zero-order valence-electron chi connectivity index (χ0n) is 16.0. The summed E-state index contributed by atoms with van der Waals surface area (Å²) in [5, 5.41) is 0. The van der Waals surface area contributed by atoms with E-state index in [0.29, 0.717) is 32.1 Å². The molecule has 7 nitrogen and oxygen atoms in total. The lowest BCUT2D eigenvalue weighted by Gasteiger charge is -2.26. The van der Waals surface area contributed by atoms with E-state index in [1.807, 2.05) is 47.0 Å². The fraction of sp³-hybridized carbons (Fsp3) is 0.381. The maximum Gasteiger partial charge on any atom is 0.216 e. The number of aryl methyl sites for hydroxylation is 1. The van der Waals surface area contributed by atoms with Crippen LogP contribution in [0, 0.1) is 0 Å². The number of hydrogen-bond acceptors (Lipinski definition) is 5. The van der Waals surface area contributed by atoms with Crippen molar-refractivity contribution >= 4 is 21.1 Å². The van der Waals surface area contributed by atoms with Gasteiger partial charge in [0.25, 0.3) is 0 Å². The highest BCUT2D eigenvalue weighted by Gasteiger charge is 2.35. The molecule has 1 saturated heterocycles. The second-order valence-electron chi connectivity index (χ2n) is 7.41. The molecule has 1 atom stereocenters. The van der Waals surface area contributed by atoms with Gasteiger partial charge in [0, 0.05) is 19.1 Å². The van der Waals surface area contributed by atoms with E-state index in [9.17, 15) is 8.42 Å². The summed E-state index contributed by atoms with van der Waals surface area (Å²) in [5.41, 5.74) is 2.79. The van der Waals surface area contributed by atoms with Crippen molar-refractivity contribution in [2.24, 2.45) is 0 Å². The molecule has 3 heterocycles. The smallest absolute Gasteiger partial charge is 0.216 e. The number of ether oxygens (including phenoxy) is 2. The van der Waals surface area contributed by atoms with Gasteiger partial charge < -0.3 is 14.0 Å². The molecule has 3 aromatic rings. The van der Waals surface area contributed by atoms with Gasteiger partial charge >= 0.3 is 0 Å². The Hall–Kier alpha value is -2.58. The SMILES string of the molecule is O=S(=O)(CCn1cnc2ccccc21)N1CCCC1c1ccc2c(c1)OCCO2.